The number of likely N-dealkylation sites (N-methyl/N-ethyl adjacent to an activating group) is 1. The molecule has 1 aromatic carbocycles. The Kier molecular flexibility index (Phi) is 6.51. The highest BCUT2D eigenvalue weighted by Gasteiger charge is 2.10. The normalized spacial score (nSPS) is 10.5. The van der Waals surface area contributed by atoms with Gasteiger partial charge >= 0.3 is 0 Å². The second-order valence-corrected chi connectivity index (χ2v) is 5.51. The number of para-hydroxylation sites is 1. The predicted octanol–water partition coefficient (Wildman–Crippen LogP) is 1.39. The third-order valence-corrected chi connectivity index (χ3v) is 3.40. The topological polar surface area (TPSA) is 79.4 Å². The summed E-state index contributed by atoms with van der Waals surface area (Å²) in [6.45, 7) is 1.99. The molecule has 24 heavy (non-hydrogen) atoms. The third kappa shape index (κ3) is 5.20. The second-order valence-electron chi connectivity index (χ2n) is 5.51. The number of methoxy groups -OCH3 is 1. The molecule has 1 amide bonds. The van der Waals surface area contributed by atoms with E-state index in [0.717, 1.165) is 24.4 Å². The maximum Gasteiger partial charge on any atom is 0.270 e. The Balaban J connectivity index is 1.94. The first-order valence-electron chi connectivity index (χ1n) is 7.71. The number of hydrogen-bond acceptors (Lipinski definition) is 6. The van der Waals surface area contributed by atoms with Gasteiger partial charge in [0.25, 0.3) is 5.91 Å². The largest absolute Gasteiger partial charge is 0.496 e. The summed E-state index contributed by atoms with van der Waals surface area (Å²) in [7, 11) is 5.60. The Morgan fingerprint density at radius 1 is 1.25 bits per heavy atom. The van der Waals surface area contributed by atoms with Crippen molar-refractivity contribution in [2.75, 3.05) is 39.6 Å². The van der Waals surface area contributed by atoms with Crippen molar-refractivity contribution in [1.82, 2.24) is 20.2 Å². The number of amides is 1. The van der Waals surface area contributed by atoms with E-state index in [-0.39, 0.29) is 5.91 Å². The van der Waals surface area contributed by atoms with Gasteiger partial charge in [-0.05, 0) is 20.2 Å². The number of nitrogens with one attached hydrogen (secondary N) is 2. The summed E-state index contributed by atoms with van der Waals surface area (Å²) in [4.78, 5) is 22.5. The molecule has 0 saturated carbocycles. The molecule has 2 N–H and O–H groups in total. The molecular weight excluding hydrogens is 306 g/mol. The van der Waals surface area contributed by atoms with Crippen LogP contribution >= 0.6 is 0 Å². The fraction of sp³-hybridized carbons (Fsp3) is 0.353. The van der Waals surface area contributed by atoms with Gasteiger partial charge in [0.1, 0.15) is 23.6 Å². The molecule has 0 bridgehead atoms. The summed E-state index contributed by atoms with van der Waals surface area (Å²) in [5, 5.41) is 6.02. The van der Waals surface area contributed by atoms with Crippen LogP contribution in [0.25, 0.3) is 0 Å². The summed E-state index contributed by atoms with van der Waals surface area (Å²) < 4.78 is 5.28. The van der Waals surface area contributed by atoms with Crippen LogP contribution in [0.5, 0.6) is 5.75 Å². The Bertz CT molecular complexity index is 676. The molecule has 0 aliphatic rings. The molecule has 7 nitrogen and oxygen atoms in total. The van der Waals surface area contributed by atoms with Crippen LogP contribution in [0.15, 0.2) is 36.7 Å². The van der Waals surface area contributed by atoms with Crippen LogP contribution in [0.1, 0.15) is 16.1 Å². The van der Waals surface area contributed by atoms with Crippen LogP contribution in [0, 0.1) is 0 Å². The van der Waals surface area contributed by atoms with Gasteiger partial charge in [0.2, 0.25) is 0 Å². The minimum absolute atomic E-state index is 0.251. The zero-order chi connectivity index (χ0) is 17.4. The molecule has 7 heteroatoms. The number of anilines is 1. The number of ether oxygens (including phenoxy) is 1. The van der Waals surface area contributed by atoms with Crippen molar-refractivity contribution in [2.45, 2.75) is 6.54 Å². The monoisotopic (exact) mass is 329 g/mol. The minimum Gasteiger partial charge on any atom is -0.496 e. The molecule has 0 saturated heterocycles. The maximum atomic E-state index is 12.3. The van der Waals surface area contributed by atoms with E-state index in [1.807, 2.05) is 38.4 Å². The molecule has 0 aliphatic carbocycles. The van der Waals surface area contributed by atoms with Crippen molar-refractivity contribution in [2.24, 2.45) is 0 Å². The van der Waals surface area contributed by atoms with E-state index in [1.165, 1.54) is 6.33 Å². The molecule has 1 aromatic heterocycles. The fourth-order valence-electron chi connectivity index (χ4n) is 2.10. The van der Waals surface area contributed by atoms with Crippen LogP contribution < -0.4 is 15.4 Å². The van der Waals surface area contributed by atoms with E-state index in [0.29, 0.717) is 18.1 Å². The molecule has 0 spiro atoms. The van der Waals surface area contributed by atoms with Crippen LogP contribution in [0.4, 0.5) is 5.82 Å². The van der Waals surface area contributed by atoms with Crippen molar-refractivity contribution in [3.8, 4) is 5.75 Å². The Morgan fingerprint density at radius 2 is 2.04 bits per heavy atom. The van der Waals surface area contributed by atoms with Gasteiger partial charge in [0.15, 0.2) is 0 Å². The molecule has 128 valence electrons. The highest BCUT2D eigenvalue weighted by molar-refractivity contribution is 5.92. The van der Waals surface area contributed by atoms with Gasteiger partial charge in [-0.15, -0.1) is 0 Å². The zero-order valence-corrected chi connectivity index (χ0v) is 14.2. The average molecular weight is 329 g/mol. The average Bonchev–Trinajstić information content (AvgIpc) is 2.60. The van der Waals surface area contributed by atoms with Crippen LogP contribution in [-0.4, -0.2) is 55.1 Å². The lowest BCUT2D eigenvalue weighted by Crippen LogP contribution is -2.25. The Morgan fingerprint density at radius 3 is 2.79 bits per heavy atom. The summed E-state index contributed by atoms with van der Waals surface area (Å²) in [6.07, 6.45) is 1.38. The van der Waals surface area contributed by atoms with Crippen molar-refractivity contribution in [3.63, 3.8) is 0 Å². The molecule has 1 heterocycles. The molecule has 0 aliphatic heterocycles. The number of carbonyl (C=O) groups is 1. The number of hydrogen-bond donors (Lipinski definition) is 2. The van der Waals surface area contributed by atoms with E-state index >= 15 is 0 Å². The van der Waals surface area contributed by atoms with Gasteiger partial charge in [-0.1, -0.05) is 18.2 Å². The van der Waals surface area contributed by atoms with Crippen LogP contribution in [0.2, 0.25) is 0 Å². The lowest BCUT2D eigenvalue weighted by molar-refractivity contribution is 0.0945. The summed E-state index contributed by atoms with van der Waals surface area (Å²) in [5.41, 5.74) is 1.24. The molecule has 0 radical (unpaired) electrons. The molecule has 2 aromatic rings. The standard InChI is InChI=1S/C17H23N5O2/c1-22(2)9-8-18-16-10-14(20-12-21-16)17(23)19-11-13-6-4-5-7-15(13)24-3/h4-7,10,12H,8-9,11H2,1-3H3,(H,19,23)(H,18,20,21). The molecule has 0 atom stereocenters. The summed E-state index contributed by atoms with van der Waals surface area (Å²) in [6, 6.07) is 9.21. The number of rotatable bonds is 8. The number of benzene rings is 1. The van der Waals surface area contributed by atoms with E-state index in [4.69, 9.17) is 4.74 Å². The van der Waals surface area contributed by atoms with Crippen molar-refractivity contribution >= 4 is 11.7 Å². The van der Waals surface area contributed by atoms with Crippen LogP contribution in [0.3, 0.4) is 0 Å². The molecule has 0 fully saturated rings. The van der Waals surface area contributed by atoms with Gasteiger partial charge in [0.05, 0.1) is 7.11 Å². The highest BCUT2D eigenvalue weighted by Crippen LogP contribution is 2.16. The predicted molar refractivity (Wildman–Crippen MR) is 93.2 cm³/mol. The fourth-order valence-corrected chi connectivity index (χ4v) is 2.10. The Hall–Kier alpha value is -2.67. The van der Waals surface area contributed by atoms with E-state index in [1.54, 1.807) is 13.2 Å². The summed E-state index contributed by atoms with van der Waals surface area (Å²) >= 11 is 0. The maximum absolute atomic E-state index is 12.3. The number of nitrogens with zero attached hydrogens (tertiary/aromatic N) is 3. The lowest BCUT2D eigenvalue weighted by atomic mass is 10.2. The first kappa shape index (κ1) is 17.7. The second kappa shape index (κ2) is 8.83. The SMILES string of the molecule is COc1ccccc1CNC(=O)c1cc(NCCN(C)C)ncn1. The Labute approximate surface area is 142 Å². The smallest absolute Gasteiger partial charge is 0.270 e. The van der Waals surface area contributed by atoms with E-state index in [9.17, 15) is 4.79 Å². The quantitative estimate of drug-likeness (QED) is 0.762. The van der Waals surface area contributed by atoms with Crippen LogP contribution in [-0.2, 0) is 6.54 Å². The van der Waals surface area contributed by atoms with E-state index < -0.39 is 0 Å². The lowest BCUT2D eigenvalue weighted by Gasteiger charge is -2.11. The number of carbonyl (C=O) groups excluding carboxylic acids is 1. The van der Waals surface area contributed by atoms with Gasteiger partial charge in [0, 0.05) is 31.3 Å². The third-order valence-electron chi connectivity index (χ3n) is 3.40. The van der Waals surface area contributed by atoms with Crippen molar-refractivity contribution in [3.05, 3.63) is 47.9 Å². The van der Waals surface area contributed by atoms with Gasteiger partial charge in [-0.25, -0.2) is 9.97 Å². The molecule has 2 rings (SSSR count). The first-order valence-corrected chi connectivity index (χ1v) is 7.71. The summed E-state index contributed by atoms with van der Waals surface area (Å²) in [5.74, 6) is 1.12. The highest BCUT2D eigenvalue weighted by atomic mass is 16.5. The zero-order valence-electron chi connectivity index (χ0n) is 14.2. The van der Waals surface area contributed by atoms with Gasteiger partial charge in [-0.2, -0.15) is 0 Å². The number of aromatic nitrogens is 2. The van der Waals surface area contributed by atoms with Gasteiger partial charge < -0.3 is 20.3 Å². The van der Waals surface area contributed by atoms with Crippen molar-refractivity contribution in [1.29, 1.82) is 0 Å². The first-order chi connectivity index (χ1) is 11.6. The van der Waals surface area contributed by atoms with Gasteiger partial charge in [-0.3, -0.25) is 4.79 Å². The van der Waals surface area contributed by atoms with Crippen molar-refractivity contribution < 1.29 is 9.53 Å². The molecule has 0 unspecified atom stereocenters. The minimum atomic E-state index is -0.251. The molecular formula is C17H23N5O2. The van der Waals surface area contributed by atoms with E-state index in [2.05, 4.69) is 25.5 Å².